The molecule has 0 radical (unpaired) electrons. The highest BCUT2D eigenvalue weighted by molar-refractivity contribution is 5.77. The molecule has 1 heterocycles. The Bertz CT molecular complexity index is 1220. The third-order valence-electron chi connectivity index (χ3n) is 7.55. The van der Waals surface area contributed by atoms with E-state index in [9.17, 15) is 33.8 Å². The average Bonchev–Trinajstić information content (AvgIpc) is 2.96. The van der Waals surface area contributed by atoms with Crippen LogP contribution < -0.4 is 10.6 Å². The number of amides is 1. The summed E-state index contributed by atoms with van der Waals surface area (Å²) >= 11 is 0. The summed E-state index contributed by atoms with van der Waals surface area (Å²) in [5.74, 6) is -0.0709. The van der Waals surface area contributed by atoms with Gasteiger partial charge in [-0.1, -0.05) is 0 Å². The van der Waals surface area contributed by atoms with E-state index >= 15 is 0 Å². The number of nitro benzene ring substituents is 2. The predicted molar refractivity (Wildman–Crippen MR) is 145 cm³/mol. The van der Waals surface area contributed by atoms with Gasteiger partial charge in [0.2, 0.25) is 5.91 Å². The number of carbonyl (C=O) groups is 1. The van der Waals surface area contributed by atoms with Crippen LogP contribution in [0, 0.1) is 20.2 Å². The highest BCUT2D eigenvalue weighted by atomic mass is 19.1. The van der Waals surface area contributed by atoms with Gasteiger partial charge < -0.3 is 20.3 Å². The second kappa shape index (κ2) is 13.5. The third kappa shape index (κ3) is 7.40. The molecule has 40 heavy (non-hydrogen) atoms. The highest BCUT2D eigenvalue weighted by Crippen LogP contribution is 2.29. The number of nitrogens with one attached hydrogen (secondary N) is 2. The summed E-state index contributed by atoms with van der Waals surface area (Å²) in [7, 11) is 0. The molecule has 0 aromatic heterocycles. The van der Waals surface area contributed by atoms with E-state index in [2.05, 4.69) is 10.6 Å². The maximum atomic E-state index is 13.2. The molecule has 4 rings (SSSR count). The van der Waals surface area contributed by atoms with Crippen LogP contribution in [0.4, 0.5) is 31.5 Å². The van der Waals surface area contributed by atoms with Crippen LogP contribution >= 0.6 is 0 Å². The molecule has 13 heteroatoms. The zero-order chi connectivity index (χ0) is 28.6. The molecule has 1 aliphatic carbocycles. The van der Waals surface area contributed by atoms with Crippen LogP contribution in [0.25, 0.3) is 0 Å². The Kier molecular flexibility index (Phi) is 9.80. The predicted octanol–water partition coefficient (Wildman–Crippen LogP) is 5.28. The van der Waals surface area contributed by atoms with Crippen molar-refractivity contribution in [2.75, 3.05) is 30.3 Å². The topological polar surface area (TPSA) is 140 Å². The van der Waals surface area contributed by atoms with Gasteiger partial charge in [0.25, 0.3) is 11.4 Å². The van der Waals surface area contributed by atoms with E-state index < -0.39 is 23.2 Å². The fraction of sp³-hybridized carbons (Fsp3) is 0.519. The zero-order valence-electron chi connectivity index (χ0n) is 22.0. The van der Waals surface area contributed by atoms with E-state index in [1.165, 1.54) is 24.3 Å². The van der Waals surface area contributed by atoms with Crippen molar-refractivity contribution in [3.63, 3.8) is 0 Å². The number of benzene rings is 2. The van der Waals surface area contributed by atoms with Crippen molar-refractivity contribution in [3.8, 4) is 0 Å². The van der Waals surface area contributed by atoms with E-state index in [1.54, 1.807) is 17.0 Å². The number of carbonyl (C=O) groups excluding carboxylic acids is 1. The first-order chi connectivity index (χ1) is 19.3. The molecule has 216 valence electrons. The number of alkyl halides is 2. The van der Waals surface area contributed by atoms with Gasteiger partial charge in [0.05, 0.1) is 27.1 Å². The molecule has 0 bridgehead atoms. The van der Waals surface area contributed by atoms with Crippen LogP contribution in [0.5, 0.6) is 0 Å². The molecule has 2 aromatic rings. The maximum absolute atomic E-state index is 13.2. The minimum Gasteiger partial charge on any atom is -0.382 e. The lowest BCUT2D eigenvalue weighted by Crippen LogP contribution is -2.44. The van der Waals surface area contributed by atoms with Gasteiger partial charge in [0.1, 0.15) is 20.0 Å². The largest absolute Gasteiger partial charge is 0.382 e. The summed E-state index contributed by atoms with van der Waals surface area (Å²) in [5.41, 5.74) is 0.867. The van der Waals surface area contributed by atoms with Crippen molar-refractivity contribution in [1.82, 2.24) is 4.90 Å². The summed E-state index contributed by atoms with van der Waals surface area (Å²) in [6.45, 7) is -0.718. The Morgan fingerprint density at radius 1 is 0.825 bits per heavy atom. The van der Waals surface area contributed by atoms with Crippen LogP contribution in [0.15, 0.2) is 36.4 Å². The summed E-state index contributed by atoms with van der Waals surface area (Å²) in [5, 5.41) is 28.6. The fourth-order valence-electron chi connectivity index (χ4n) is 5.32. The van der Waals surface area contributed by atoms with Crippen molar-refractivity contribution in [3.05, 3.63) is 67.8 Å². The first kappa shape index (κ1) is 29.1. The molecule has 0 atom stereocenters. The molecule has 1 saturated heterocycles. The van der Waals surface area contributed by atoms with Crippen LogP contribution in [-0.2, 0) is 22.9 Å². The average molecular weight is 562 g/mol. The standard InChI is InChI=1S/C27H33F2N5O6/c28-15-18-13-22(3-7-25(18)33(36)37)30-20-1-5-24(6-2-20)40-17-27(35)32-11-9-21(10-12-32)31-23-4-8-26(34(38)39)19(14-23)16-29/h3-4,7-8,13-14,20-21,24,30-31H,1-2,5-6,9-12,15-17H2. The Morgan fingerprint density at radius 3 is 1.75 bits per heavy atom. The van der Waals surface area contributed by atoms with E-state index in [4.69, 9.17) is 4.74 Å². The molecule has 2 fully saturated rings. The number of anilines is 2. The number of rotatable bonds is 11. The molecular formula is C27H33F2N5O6. The van der Waals surface area contributed by atoms with Gasteiger partial charge in [0, 0.05) is 48.7 Å². The van der Waals surface area contributed by atoms with Gasteiger partial charge in [0.15, 0.2) is 0 Å². The molecule has 1 saturated carbocycles. The fourth-order valence-corrected chi connectivity index (χ4v) is 5.32. The van der Waals surface area contributed by atoms with Crippen molar-refractivity contribution >= 4 is 28.7 Å². The lowest BCUT2D eigenvalue weighted by Gasteiger charge is -2.34. The number of nitro groups is 2. The van der Waals surface area contributed by atoms with E-state index in [-0.39, 0.29) is 53.2 Å². The van der Waals surface area contributed by atoms with Crippen LogP contribution in [0.2, 0.25) is 0 Å². The molecular weight excluding hydrogens is 528 g/mol. The number of halogens is 2. The summed E-state index contributed by atoms with van der Waals surface area (Å²) in [4.78, 5) is 35.3. The Balaban J connectivity index is 1.16. The van der Waals surface area contributed by atoms with Gasteiger partial charge in [-0.05, 0) is 62.8 Å². The van der Waals surface area contributed by atoms with Crippen LogP contribution in [0.1, 0.15) is 49.7 Å². The summed E-state index contributed by atoms with van der Waals surface area (Å²) < 4.78 is 32.3. The number of piperidine rings is 1. The quantitative estimate of drug-likeness (QED) is 0.279. The monoisotopic (exact) mass is 561 g/mol. The molecule has 1 amide bonds. The van der Waals surface area contributed by atoms with Gasteiger partial charge in [-0.2, -0.15) is 0 Å². The van der Waals surface area contributed by atoms with E-state index in [1.807, 2.05) is 0 Å². The van der Waals surface area contributed by atoms with Gasteiger partial charge in [-0.3, -0.25) is 25.0 Å². The second-order valence-corrected chi connectivity index (χ2v) is 10.2. The maximum Gasteiger partial charge on any atom is 0.275 e. The molecule has 0 unspecified atom stereocenters. The summed E-state index contributed by atoms with van der Waals surface area (Å²) in [6.07, 6.45) is 4.46. The minimum absolute atomic E-state index is 0.00524. The third-order valence-corrected chi connectivity index (χ3v) is 7.55. The zero-order valence-corrected chi connectivity index (χ0v) is 22.0. The summed E-state index contributed by atoms with van der Waals surface area (Å²) in [6, 6.07) is 8.91. The number of hydrogen-bond donors (Lipinski definition) is 2. The Hall–Kier alpha value is -3.87. The Morgan fingerprint density at radius 2 is 1.30 bits per heavy atom. The van der Waals surface area contributed by atoms with Crippen LogP contribution in [0.3, 0.4) is 0 Å². The lowest BCUT2D eigenvalue weighted by atomic mass is 9.92. The highest BCUT2D eigenvalue weighted by Gasteiger charge is 2.26. The number of nitrogens with zero attached hydrogens (tertiary/aromatic N) is 3. The van der Waals surface area contributed by atoms with E-state index in [0.717, 1.165) is 25.7 Å². The van der Waals surface area contributed by atoms with Crippen molar-refractivity contribution in [2.24, 2.45) is 0 Å². The smallest absolute Gasteiger partial charge is 0.275 e. The first-order valence-electron chi connectivity index (χ1n) is 13.4. The number of hydrogen-bond acceptors (Lipinski definition) is 8. The molecule has 2 aliphatic rings. The first-order valence-corrected chi connectivity index (χ1v) is 13.4. The van der Waals surface area contributed by atoms with Crippen molar-refractivity contribution in [1.29, 1.82) is 0 Å². The van der Waals surface area contributed by atoms with Crippen LogP contribution in [-0.4, -0.2) is 58.5 Å². The van der Waals surface area contributed by atoms with Crippen molar-refractivity contribution < 1.29 is 28.2 Å². The Labute approximate surface area is 230 Å². The number of likely N-dealkylation sites (tertiary alicyclic amines) is 1. The molecule has 1 aliphatic heterocycles. The second-order valence-electron chi connectivity index (χ2n) is 10.2. The molecule has 2 aromatic carbocycles. The molecule has 0 spiro atoms. The molecule has 11 nitrogen and oxygen atoms in total. The molecule has 2 N–H and O–H groups in total. The van der Waals surface area contributed by atoms with Gasteiger partial charge >= 0.3 is 0 Å². The minimum atomic E-state index is -0.919. The number of ether oxygens (including phenoxy) is 1. The van der Waals surface area contributed by atoms with Gasteiger partial charge in [-0.25, -0.2) is 8.78 Å². The van der Waals surface area contributed by atoms with Crippen molar-refractivity contribution in [2.45, 2.75) is 70.1 Å². The SMILES string of the molecule is O=C(COC1CCC(Nc2ccc([N+](=O)[O-])c(CF)c2)CC1)N1CCC(Nc2ccc([N+](=O)[O-])c(CF)c2)CC1. The normalized spacial score (nSPS) is 19.7. The van der Waals surface area contributed by atoms with E-state index in [0.29, 0.717) is 37.3 Å². The van der Waals surface area contributed by atoms with Gasteiger partial charge in [-0.15, -0.1) is 0 Å². The lowest BCUT2D eigenvalue weighted by molar-refractivity contribution is -0.385.